The Morgan fingerprint density at radius 1 is 1.20 bits per heavy atom. The molecule has 2 aromatic heterocycles. The molecule has 0 saturated heterocycles. The van der Waals surface area contributed by atoms with Crippen LogP contribution in [0, 0.1) is 18.7 Å². The molecule has 3 rings (SSSR count). The van der Waals surface area contributed by atoms with E-state index in [1.807, 2.05) is 6.07 Å². The van der Waals surface area contributed by atoms with Crippen LogP contribution in [-0.2, 0) is 6.42 Å². The molecule has 0 aliphatic heterocycles. The van der Waals surface area contributed by atoms with Crippen molar-refractivity contribution in [1.82, 2.24) is 20.1 Å². The third-order valence-electron chi connectivity index (χ3n) is 3.68. The lowest BCUT2D eigenvalue weighted by atomic mass is 10.2. The van der Waals surface area contributed by atoms with Crippen molar-refractivity contribution >= 4 is 5.91 Å². The van der Waals surface area contributed by atoms with E-state index in [1.54, 1.807) is 29.9 Å². The minimum Gasteiger partial charge on any atom is -0.352 e. The Bertz CT molecular complexity index is 890. The number of carbonyl (C=O) groups excluding carboxylic acids is 1. The predicted molar refractivity (Wildman–Crippen MR) is 88.5 cm³/mol. The van der Waals surface area contributed by atoms with Crippen molar-refractivity contribution < 1.29 is 13.6 Å². The van der Waals surface area contributed by atoms with Gasteiger partial charge in [-0.15, -0.1) is 0 Å². The number of aryl methyl sites for hydroxylation is 1. The van der Waals surface area contributed by atoms with Gasteiger partial charge in [0.2, 0.25) is 5.95 Å². The van der Waals surface area contributed by atoms with Crippen molar-refractivity contribution in [1.29, 1.82) is 0 Å². The number of rotatable bonds is 5. The number of nitrogens with zero attached hydrogens (tertiary/aromatic N) is 3. The number of hydrogen-bond donors (Lipinski definition) is 1. The van der Waals surface area contributed by atoms with Gasteiger partial charge >= 0.3 is 0 Å². The molecule has 5 nitrogen and oxygen atoms in total. The first-order valence-corrected chi connectivity index (χ1v) is 7.74. The summed E-state index contributed by atoms with van der Waals surface area (Å²) in [6, 6.07) is 9.31. The van der Waals surface area contributed by atoms with Crippen LogP contribution in [0.4, 0.5) is 8.78 Å². The molecule has 128 valence electrons. The molecule has 0 spiro atoms. The molecule has 0 atom stereocenters. The van der Waals surface area contributed by atoms with Crippen LogP contribution in [0.1, 0.15) is 21.6 Å². The summed E-state index contributed by atoms with van der Waals surface area (Å²) in [7, 11) is 0. The molecule has 0 aliphatic rings. The third kappa shape index (κ3) is 4.06. The second-order valence-electron chi connectivity index (χ2n) is 5.57. The number of pyridine rings is 1. The van der Waals surface area contributed by atoms with Gasteiger partial charge in [-0.1, -0.05) is 0 Å². The SMILES string of the molecule is Cc1cc(C(=O)NCCc2ccn(-c3ccc(F)cc3)n2)cnc1F. The summed E-state index contributed by atoms with van der Waals surface area (Å²) in [6.07, 6.45) is 3.52. The highest BCUT2D eigenvalue weighted by Gasteiger charge is 2.09. The molecular weight excluding hydrogens is 326 g/mol. The van der Waals surface area contributed by atoms with Gasteiger partial charge in [-0.3, -0.25) is 4.79 Å². The number of amides is 1. The normalized spacial score (nSPS) is 10.7. The van der Waals surface area contributed by atoms with Crippen molar-refractivity contribution in [3.8, 4) is 5.69 Å². The van der Waals surface area contributed by atoms with Gasteiger partial charge in [0.25, 0.3) is 5.91 Å². The summed E-state index contributed by atoms with van der Waals surface area (Å²) in [5.41, 5.74) is 2.18. The Hall–Kier alpha value is -3.09. The molecule has 2 heterocycles. The summed E-state index contributed by atoms with van der Waals surface area (Å²) in [4.78, 5) is 15.6. The fourth-order valence-electron chi connectivity index (χ4n) is 2.32. The zero-order valence-corrected chi connectivity index (χ0v) is 13.5. The average molecular weight is 342 g/mol. The van der Waals surface area contributed by atoms with Crippen molar-refractivity contribution in [3.63, 3.8) is 0 Å². The van der Waals surface area contributed by atoms with E-state index in [9.17, 15) is 13.6 Å². The van der Waals surface area contributed by atoms with Gasteiger partial charge in [0.1, 0.15) is 5.82 Å². The van der Waals surface area contributed by atoms with Crippen molar-refractivity contribution in [2.24, 2.45) is 0 Å². The van der Waals surface area contributed by atoms with Crippen LogP contribution in [-0.4, -0.2) is 27.2 Å². The lowest BCUT2D eigenvalue weighted by Gasteiger charge is -2.05. The highest BCUT2D eigenvalue weighted by molar-refractivity contribution is 5.93. The summed E-state index contributed by atoms with van der Waals surface area (Å²) in [5, 5.41) is 7.14. The van der Waals surface area contributed by atoms with Crippen LogP contribution < -0.4 is 5.32 Å². The van der Waals surface area contributed by atoms with Gasteiger partial charge in [-0.05, 0) is 43.3 Å². The second kappa shape index (κ2) is 7.21. The third-order valence-corrected chi connectivity index (χ3v) is 3.68. The minimum absolute atomic E-state index is 0.302. The van der Waals surface area contributed by atoms with Gasteiger partial charge in [0.05, 0.1) is 16.9 Å². The lowest BCUT2D eigenvalue weighted by molar-refractivity contribution is 0.0953. The Kier molecular flexibility index (Phi) is 4.83. The number of nitrogens with one attached hydrogen (secondary N) is 1. The Morgan fingerprint density at radius 3 is 2.68 bits per heavy atom. The van der Waals surface area contributed by atoms with Gasteiger partial charge in [-0.25, -0.2) is 14.1 Å². The fourth-order valence-corrected chi connectivity index (χ4v) is 2.32. The van der Waals surface area contributed by atoms with Crippen molar-refractivity contribution in [2.75, 3.05) is 6.54 Å². The first kappa shape index (κ1) is 16.8. The maximum absolute atomic E-state index is 13.1. The van der Waals surface area contributed by atoms with Crippen molar-refractivity contribution in [2.45, 2.75) is 13.3 Å². The van der Waals surface area contributed by atoms with Gasteiger partial charge in [-0.2, -0.15) is 9.49 Å². The monoisotopic (exact) mass is 342 g/mol. The Labute approximate surface area is 143 Å². The molecule has 1 N–H and O–H groups in total. The minimum atomic E-state index is -0.581. The zero-order valence-electron chi connectivity index (χ0n) is 13.5. The molecule has 1 aromatic carbocycles. The van der Waals surface area contributed by atoms with E-state index >= 15 is 0 Å². The van der Waals surface area contributed by atoms with E-state index < -0.39 is 5.95 Å². The van der Waals surface area contributed by atoms with E-state index in [1.165, 1.54) is 24.4 Å². The number of benzene rings is 1. The molecule has 0 bridgehead atoms. The molecule has 3 aromatic rings. The molecule has 25 heavy (non-hydrogen) atoms. The summed E-state index contributed by atoms with van der Waals surface area (Å²) >= 11 is 0. The smallest absolute Gasteiger partial charge is 0.252 e. The van der Waals surface area contributed by atoms with Crippen LogP contribution in [0.2, 0.25) is 0 Å². The number of hydrogen-bond acceptors (Lipinski definition) is 3. The van der Waals surface area contributed by atoms with E-state index in [4.69, 9.17) is 0 Å². The number of carbonyl (C=O) groups is 1. The first-order valence-electron chi connectivity index (χ1n) is 7.74. The molecular formula is C18H16F2N4O. The highest BCUT2D eigenvalue weighted by atomic mass is 19.1. The first-order chi connectivity index (χ1) is 12.0. The second-order valence-corrected chi connectivity index (χ2v) is 5.57. The molecule has 7 heteroatoms. The summed E-state index contributed by atoms with van der Waals surface area (Å²) < 4.78 is 27.7. The number of aromatic nitrogens is 3. The van der Waals surface area contributed by atoms with E-state index in [-0.39, 0.29) is 11.7 Å². The molecule has 0 aliphatic carbocycles. The maximum atomic E-state index is 13.1. The Balaban J connectivity index is 1.56. The number of halogens is 2. The summed E-state index contributed by atoms with van der Waals surface area (Å²) in [6.45, 7) is 1.94. The van der Waals surface area contributed by atoms with Crippen LogP contribution in [0.25, 0.3) is 5.69 Å². The van der Waals surface area contributed by atoms with Crippen LogP contribution in [0.15, 0.2) is 48.8 Å². The topological polar surface area (TPSA) is 59.8 Å². The van der Waals surface area contributed by atoms with E-state index in [0.717, 1.165) is 11.4 Å². The quantitative estimate of drug-likeness (QED) is 0.726. The van der Waals surface area contributed by atoms with Gasteiger partial charge < -0.3 is 5.32 Å². The largest absolute Gasteiger partial charge is 0.352 e. The predicted octanol–water partition coefficient (Wildman–Crippen LogP) is 2.83. The lowest BCUT2D eigenvalue weighted by Crippen LogP contribution is -2.26. The average Bonchev–Trinajstić information content (AvgIpc) is 3.06. The van der Waals surface area contributed by atoms with Crippen LogP contribution in [0.5, 0.6) is 0 Å². The van der Waals surface area contributed by atoms with E-state index in [0.29, 0.717) is 24.1 Å². The Morgan fingerprint density at radius 2 is 1.96 bits per heavy atom. The maximum Gasteiger partial charge on any atom is 0.252 e. The summed E-state index contributed by atoms with van der Waals surface area (Å²) in [5.74, 6) is -1.19. The fraction of sp³-hybridized carbons (Fsp3) is 0.167. The molecule has 0 saturated carbocycles. The molecule has 0 fully saturated rings. The van der Waals surface area contributed by atoms with Crippen LogP contribution in [0.3, 0.4) is 0 Å². The van der Waals surface area contributed by atoms with Gasteiger partial charge in [0, 0.05) is 30.9 Å². The molecule has 0 radical (unpaired) electrons. The van der Waals surface area contributed by atoms with Gasteiger partial charge in [0.15, 0.2) is 0 Å². The molecule has 1 amide bonds. The molecule has 0 unspecified atom stereocenters. The zero-order chi connectivity index (χ0) is 17.8. The van der Waals surface area contributed by atoms with Crippen LogP contribution >= 0.6 is 0 Å². The van der Waals surface area contributed by atoms with E-state index in [2.05, 4.69) is 15.4 Å². The highest BCUT2D eigenvalue weighted by Crippen LogP contribution is 2.09. The van der Waals surface area contributed by atoms with Crippen molar-refractivity contribution in [3.05, 3.63) is 77.4 Å². The standard InChI is InChI=1S/C18H16F2N4O/c1-12-10-13(11-22-17(12)20)18(25)21-8-6-15-7-9-24(23-15)16-4-2-14(19)3-5-16/h2-5,7,9-11H,6,8H2,1H3,(H,21,25).